The number of hydrogen-bond acceptors (Lipinski definition) is 9. The smallest absolute Gasteiger partial charge is 0.247 e. The van der Waals surface area contributed by atoms with Crippen LogP contribution < -0.4 is 25.3 Å². The van der Waals surface area contributed by atoms with E-state index in [1.807, 2.05) is 30.3 Å². The molecular formula is C31H35Cl2N7O3. The van der Waals surface area contributed by atoms with Gasteiger partial charge in [-0.15, -0.1) is 0 Å². The molecule has 1 unspecified atom stereocenters. The van der Waals surface area contributed by atoms with E-state index in [-0.39, 0.29) is 11.9 Å². The lowest BCUT2D eigenvalue weighted by Crippen LogP contribution is -2.47. The van der Waals surface area contributed by atoms with Crippen molar-refractivity contribution in [2.24, 2.45) is 5.92 Å². The Kier molecular flexibility index (Phi) is 8.90. The van der Waals surface area contributed by atoms with Crippen molar-refractivity contribution in [3.63, 3.8) is 0 Å². The normalized spacial score (nSPS) is 18.9. The molecule has 1 saturated carbocycles. The van der Waals surface area contributed by atoms with Crippen LogP contribution in [0.5, 0.6) is 5.75 Å². The molecule has 12 heteroatoms. The zero-order chi connectivity index (χ0) is 29.9. The van der Waals surface area contributed by atoms with E-state index in [0.29, 0.717) is 45.4 Å². The van der Waals surface area contributed by atoms with Gasteiger partial charge in [0.15, 0.2) is 5.82 Å². The summed E-state index contributed by atoms with van der Waals surface area (Å²) in [4.78, 5) is 32.1. The quantitative estimate of drug-likeness (QED) is 0.261. The molecule has 43 heavy (non-hydrogen) atoms. The molecule has 1 aliphatic carbocycles. The van der Waals surface area contributed by atoms with Crippen molar-refractivity contribution >= 4 is 57.8 Å². The molecule has 3 aromatic rings. The number of nitrogens with one attached hydrogen (secondary N) is 2. The second-order valence-corrected chi connectivity index (χ2v) is 11.8. The number of benzene rings is 2. The van der Waals surface area contributed by atoms with Crippen LogP contribution in [0.1, 0.15) is 30.9 Å². The molecule has 3 heterocycles. The minimum Gasteiger partial charge on any atom is -0.494 e. The predicted molar refractivity (Wildman–Crippen MR) is 171 cm³/mol. The SMILES string of the molecule is C=CC(=O)Nc1cc(Nc2cc(N3OCCC3c3ccc(Cl)c(Cl)c3)ncn2)c(OC)cc1N1CCN(CC2CC2)CC1. The van der Waals surface area contributed by atoms with Gasteiger partial charge in [0.1, 0.15) is 17.9 Å². The minimum absolute atomic E-state index is 0.0863. The average Bonchev–Trinajstić information content (AvgIpc) is 3.70. The third-order valence-corrected chi connectivity index (χ3v) is 8.80. The average molecular weight is 625 g/mol. The Morgan fingerprint density at radius 2 is 1.88 bits per heavy atom. The van der Waals surface area contributed by atoms with Crippen LogP contribution in [0.25, 0.3) is 0 Å². The van der Waals surface area contributed by atoms with Gasteiger partial charge >= 0.3 is 0 Å². The van der Waals surface area contributed by atoms with Crippen molar-refractivity contribution in [2.75, 3.05) is 67.0 Å². The molecular weight excluding hydrogens is 589 g/mol. The maximum absolute atomic E-state index is 12.4. The van der Waals surface area contributed by atoms with Gasteiger partial charge in [0.05, 0.1) is 46.9 Å². The highest BCUT2D eigenvalue weighted by Gasteiger charge is 2.30. The number of carbonyl (C=O) groups excluding carboxylic acids is 1. The van der Waals surface area contributed by atoms with E-state index in [1.54, 1.807) is 18.2 Å². The number of rotatable bonds is 10. The van der Waals surface area contributed by atoms with Crippen molar-refractivity contribution < 1.29 is 14.4 Å². The number of piperazine rings is 1. The summed E-state index contributed by atoms with van der Waals surface area (Å²) in [6.45, 7) is 9.05. The Balaban J connectivity index is 1.24. The monoisotopic (exact) mass is 623 g/mol. The molecule has 2 N–H and O–H groups in total. The number of hydrogen-bond donors (Lipinski definition) is 2. The molecule has 10 nitrogen and oxygen atoms in total. The van der Waals surface area contributed by atoms with Gasteiger partial charge in [-0.25, -0.2) is 15.0 Å². The lowest BCUT2D eigenvalue weighted by Gasteiger charge is -2.37. The Bertz CT molecular complexity index is 1490. The van der Waals surface area contributed by atoms with Gasteiger partial charge in [0.2, 0.25) is 5.91 Å². The second kappa shape index (κ2) is 13.0. The summed E-state index contributed by atoms with van der Waals surface area (Å²) in [6.07, 6.45) is 6.21. The van der Waals surface area contributed by atoms with E-state index in [2.05, 4.69) is 37.0 Å². The van der Waals surface area contributed by atoms with Crippen LogP contribution in [-0.2, 0) is 9.63 Å². The summed E-state index contributed by atoms with van der Waals surface area (Å²) in [7, 11) is 1.63. The Labute approximate surface area is 261 Å². The van der Waals surface area contributed by atoms with Gasteiger partial charge < -0.3 is 20.3 Å². The number of ether oxygens (including phenoxy) is 1. The maximum Gasteiger partial charge on any atom is 0.247 e. The number of methoxy groups -OCH3 is 1. The van der Waals surface area contributed by atoms with Crippen LogP contribution in [0, 0.1) is 5.92 Å². The third-order valence-electron chi connectivity index (χ3n) is 8.06. The molecule has 2 saturated heterocycles. The highest BCUT2D eigenvalue weighted by molar-refractivity contribution is 6.42. The van der Waals surface area contributed by atoms with Gasteiger partial charge in [-0.1, -0.05) is 35.8 Å². The Morgan fingerprint density at radius 1 is 1.07 bits per heavy atom. The zero-order valence-corrected chi connectivity index (χ0v) is 25.6. The summed E-state index contributed by atoms with van der Waals surface area (Å²) in [5.74, 6) is 2.33. The highest BCUT2D eigenvalue weighted by atomic mass is 35.5. The molecule has 0 bridgehead atoms. The largest absolute Gasteiger partial charge is 0.494 e. The van der Waals surface area contributed by atoms with Crippen LogP contribution >= 0.6 is 23.2 Å². The van der Waals surface area contributed by atoms with Crippen molar-refractivity contribution in [1.29, 1.82) is 0 Å². The first-order valence-corrected chi connectivity index (χ1v) is 15.3. The number of halogens is 2. The molecule has 1 aromatic heterocycles. The molecule has 0 radical (unpaired) electrons. The third kappa shape index (κ3) is 6.83. The molecule has 3 aliphatic rings. The zero-order valence-electron chi connectivity index (χ0n) is 24.1. The molecule has 6 rings (SSSR count). The van der Waals surface area contributed by atoms with E-state index < -0.39 is 0 Å². The summed E-state index contributed by atoms with van der Waals surface area (Å²) in [6, 6.07) is 11.1. The van der Waals surface area contributed by atoms with Gasteiger partial charge in [0.25, 0.3) is 0 Å². The molecule has 2 aromatic carbocycles. The lowest BCUT2D eigenvalue weighted by atomic mass is 10.0. The number of amides is 1. The van der Waals surface area contributed by atoms with Crippen LogP contribution in [0.15, 0.2) is 55.4 Å². The molecule has 0 spiro atoms. The minimum atomic E-state index is -0.284. The van der Waals surface area contributed by atoms with Crippen LogP contribution in [0.3, 0.4) is 0 Å². The summed E-state index contributed by atoms with van der Waals surface area (Å²) < 4.78 is 5.81. The van der Waals surface area contributed by atoms with Crippen LogP contribution in [0.4, 0.5) is 28.7 Å². The van der Waals surface area contributed by atoms with Crippen LogP contribution in [0.2, 0.25) is 10.0 Å². The van der Waals surface area contributed by atoms with E-state index in [1.165, 1.54) is 31.8 Å². The van der Waals surface area contributed by atoms with E-state index in [0.717, 1.165) is 49.8 Å². The van der Waals surface area contributed by atoms with Crippen molar-refractivity contribution in [3.8, 4) is 5.75 Å². The first-order valence-electron chi connectivity index (χ1n) is 14.5. The van der Waals surface area contributed by atoms with Crippen molar-refractivity contribution in [3.05, 3.63) is 71.0 Å². The predicted octanol–water partition coefficient (Wildman–Crippen LogP) is 6.08. The molecule has 1 amide bonds. The fraction of sp³-hybridized carbons (Fsp3) is 0.387. The van der Waals surface area contributed by atoms with Gasteiger partial charge in [-0.05, 0) is 48.6 Å². The van der Waals surface area contributed by atoms with Crippen molar-refractivity contribution in [2.45, 2.75) is 25.3 Å². The van der Waals surface area contributed by atoms with E-state index in [9.17, 15) is 4.79 Å². The van der Waals surface area contributed by atoms with E-state index in [4.69, 9.17) is 32.8 Å². The molecule has 1 atom stereocenters. The first-order chi connectivity index (χ1) is 20.9. The van der Waals surface area contributed by atoms with Gasteiger partial charge in [-0.3, -0.25) is 14.5 Å². The number of hydroxylamine groups is 1. The van der Waals surface area contributed by atoms with E-state index >= 15 is 0 Å². The number of nitrogens with zero attached hydrogens (tertiary/aromatic N) is 5. The summed E-state index contributed by atoms with van der Waals surface area (Å²) >= 11 is 12.4. The molecule has 3 fully saturated rings. The van der Waals surface area contributed by atoms with Crippen molar-refractivity contribution in [1.82, 2.24) is 14.9 Å². The standard InChI is InChI=1S/C31H35Cl2N7O3/c1-3-31(41)37-24-15-25(28(42-2)16-27(24)39-11-9-38(10-12-39)18-20-4-5-20)36-29-17-30(35-19-34-29)40-26(8-13-43-40)21-6-7-22(32)23(33)14-21/h3,6-7,14-17,19-20,26H,1,4-5,8-13,18H2,2H3,(H,37,41)(H,34,35,36). The molecule has 2 aliphatic heterocycles. The lowest BCUT2D eigenvalue weighted by molar-refractivity contribution is -0.111. The first kappa shape index (κ1) is 29.5. The Morgan fingerprint density at radius 3 is 2.60 bits per heavy atom. The summed E-state index contributed by atoms with van der Waals surface area (Å²) in [5.41, 5.74) is 3.20. The number of aromatic nitrogens is 2. The fourth-order valence-electron chi connectivity index (χ4n) is 5.61. The highest BCUT2D eigenvalue weighted by Crippen LogP contribution is 2.40. The Hall–Kier alpha value is -3.57. The number of carbonyl (C=O) groups is 1. The summed E-state index contributed by atoms with van der Waals surface area (Å²) in [5, 5.41) is 9.11. The number of anilines is 5. The second-order valence-electron chi connectivity index (χ2n) is 11.0. The topological polar surface area (TPSA) is 95.1 Å². The van der Waals surface area contributed by atoms with Gasteiger partial charge in [-0.2, -0.15) is 0 Å². The maximum atomic E-state index is 12.4. The van der Waals surface area contributed by atoms with Crippen LogP contribution in [-0.4, -0.2) is 67.2 Å². The molecule has 226 valence electrons. The fourth-order valence-corrected chi connectivity index (χ4v) is 5.92. The van der Waals surface area contributed by atoms with Gasteiger partial charge in [0, 0.05) is 51.3 Å².